The molecule has 0 radical (unpaired) electrons. The molecule has 2 rings (SSSR count). The summed E-state index contributed by atoms with van der Waals surface area (Å²) in [7, 11) is 0. The van der Waals surface area contributed by atoms with E-state index in [1.54, 1.807) is 18.2 Å². The smallest absolute Gasteiger partial charge is 0.329 e. The van der Waals surface area contributed by atoms with E-state index in [-0.39, 0.29) is 5.91 Å². The fourth-order valence-electron chi connectivity index (χ4n) is 1.91. The number of nitrogens with one attached hydrogen (secondary N) is 2. The van der Waals surface area contributed by atoms with Crippen LogP contribution in [0.15, 0.2) is 28.7 Å². The molecule has 2 N–H and O–H groups in total. The Morgan fingerprint density at radius 3 is 2.86 bits per heavy atom. The van der Waals surface area contributed by atoms with Gasteiger partial charge in [0.15, 0.2) is 6.10 Å². The highest BCUT2D eigenvalue weighted by molar-refractivity contribution is 9.10. The first-order chi connectivity index (χ1) is 9.95. The third-order valence-electron chi connectivity index (χ3n) is 3.03. The summed E-state index contributed by atoms with van der Waals surface area (Å²) >= 11 is 3.30. The Morgan fingerprint density at radius 2 is 2.24 bits per heavy atom. The summed E-state index contributed by atoms with van der Waals surface area (Å²) in [6.45, 7) is 1.49. The summed E-state index contributed by atoms with van der Waals surface area (Å²) in [5, 5.41) is 5.16. The van der Waals surface area contributed by atoms with Crippen molar-refractivity contribution in [1.82, 2.24) is 5.32 Å². The zero-order chi connectivity index (χ0) is 15.4. The highest BCUT2D eigenvalue weighted by Gasteiger charge is 2.30. The van der Waals surface area contributed by atoms with Crippen LogP contribution < -0.4 is 10.6 Å². The Kier molecular flexibility index (Phi) is 4.95. The molecule has 0 bridgehead atoms. The fourth-order valence-corrected chi connectivity index (χ4v) is 2.31. The largest absolute Gasteiger partial charge is 0.451 e. The van der Waals surface area contributed by atoms with Gasteiger partial charge in [-0.3, -0.25) is 9.59 Å². The van der Waals surface area contributed by atoms with Crippen LogP contribution in [0.4, 0.5) is 5.69 Å². The number of benzene rings is 1. The van der Waals surface area contributed by atoms with Crippen LogP contribution in [0.25, 0.3) is 0 Å². The first-order valence-electron chi connectivity index (χ1n) is 6.52. The molecule has 6 nitrogen and oxygen atoms in total. The monoisotopic (exact) mass is 354 g/mol. The zero-order valence-corrected chi connectivity index (χ0v) is 13.0. The lowest BCUT2D eigenvalue weighted by molar-refractivity contribution is -0.155. The number of anilines is 1. The summed E-state index contributed by atoms with van der Waals surface area (Å²) in [6.07, 6.45) is -0.232. The first kappa shape index (κ1) is 15.5. The first-order valence-corrected chi connectivity index (χ1v) is 7.31. The van der Waals surface area contributed by atoms with Crippen molar-refractivity contribution in [2.24, 2.45) is 0 Å². The molecule has 7 heteroatoms. The summed E-state index contributed by atoms with van der Waals surface area (Å²) in [5.41, 5.74) is 0.603. The zero-order valence-electron chi connectivity index (χ0n) is 11.4. The lowest BCUT2D eigenvalue weighted by Crippen LogP contribution is -2.39. The van der Waals surface area contributed by atoms with Crippen molar-refractivity contribution in [2.75, 3.05) is 5.32 Å². The van der Waals surface area contributed by atoms with Crippen LogP contribution >= 0.6 is 15.9 Å². The van der Waals surface area contributed by atoms with Crippen molar-refractivity contribution in [3.63, 3.8) is 0 Å². The topological polar surface area (TPSA) is 84.5 Å². The average Bonchev–Trinajstić information content (AvgIpc) is 2.85. The molecule has 1 aliphatic heterocycles. The molecule has 2 atom stereocenters. The van der Waals surface area contributed by atoms with E-state index in [0.717, 1.165) is 4.47 Å². The molecule has 0 unspecified atom stereocenters. The minimum Gasteiger partial charge on any atom is -0.451 e. The third-order valence-corrected chi connectivity index (χ3v) is 3.53. The Hall–Kier alpha value is -1.89. The maximum Gasteiger partial charge on any atom is 0.329 e. The number of rotatable bonds is 4. The van der Waals surface area contributed by atoms with Crippen LogP contribution in [0, 0.1) is 0 Å². The molecule has 0 saturated carbocycles. The van der Waals surface area contributed by atoms with E-state index >= 15 is 0 Å². The maximum absolute atomic E-state index is 11.9. The SMILES string of the molecule is C[C@@H](OC(=O)[C@H]1CCC(=O)N1)C(=O)Nc1cccc(Br)c1. The molecule has 112 valence electrons. The molecule has 1 fully saturated rings. The Balaban J connectivity index is 1.87. The van der Waals surface area contributed by atoms with Crippen LogP contribution in [-0.2, 0) is 19.1 Å². The predicted octanol–water partition coefficient (Wildman–Crippen LogP) is 1.60. The highest BCUT2D eigenvalue weighted by Crippen LogP contribution is 2.16. The highest BCUT2D eigenvalue weighted by atomic mass is 79.9. The lowest BCUT2D eigenvalue weighted by Gasteiger charge is -2.16. The van der Waals surface area contributed by atoms with Crippen molar-refractivity contribution in [1.29, 1.82) is 0 Å². The van der Waals surface area contributed by atoms with E-state index in [0.29, 0.717) is 18.5 Å². The van der Waals surface area contributed by atoms with Gasteiger partial charge in [-0.15, -0.1) is 0 Å². The van der Waals surface area contributed by atoms with Gasteiger partial charge < -0.3 is 15.4 Å². The Labute approximate surface area is 130 Å². The van der Waals surface area contributed by atoms with E-state index < -0.39 is 24.0 Å². The minimum atomic E-state index is -0.936. The molecule has 0 spiro atoms. The Bertz CT molecular complexity index is 576. The molecule has 1 heterocycles. The van der Waals surface area contributed by atoms with Crippen molar-refractivity contribution in [2.45, 2.75) is 31.9 Å². The van der Waals surface area contributed by atoms with Gasteiger partial charge in [0.05, 0.1) is 0 Å². The van der Waals surface area contributed by atoms with Crippen LogP contribution in [0.3, 0.4) is 0 Å². The molecule has 1 aromatic rings. The summed E-state index contributed by atoms with van der Waals surface area (Å²) in [6, 6.07) is 6.43. The molecule has 1 saturated heterocycles. The van der Waals surface area contributed by atoms with E-state index in [2.05, 4.69) is 26.6 Å². The van der Waals surface area contributed by atoms with E-state index in [1.807, 2.05) is 6.07 Å². The van der Waals surface area contributed by atoms with Crippen LogP contribution in [0.1, 0.15) is 19.8 Å². The molecule has 0 aliphatic carbocycles. The second kappa shape index (κ2) is 6.71. The number of ether oxygens (including phenoxy) is 1. The Morgan fingerprint density at radius 1 is 1.48 bits per heavy atom. The average molecular weight is 355 g/mol. The van der Waals surface area contributed by atoms with Crippen LogP contribution in [-0.4, -0.2) is 29.9 Å². The van der Waals surface area contributed by atoms with E-state index in [9.17, 15) is 14.4 Å². The number of hydrogen-bond donors (Lipinski definition) is 2. The van der Waals surface area contributed by atoms with Crippen molar-refractivity contribution in [3.8, 4) is 0 Å². The second-order valence-corrected chi connectivity index (χ2v) is 5.65. The number of hydrogen-bond acceptors (Lipinski definition) is 4. The molecule has 1 aliphatic rings. The molecule has 1 aromatic carbocycles. The third kappa shape index (κ3) is 4.29. The number of halogens is 1. The minimum absolute atomic E-state index is 0.178. The van der Waals surface area contributed by atoms with Gasteiger partial charge in [-0.25, -0.2) is 4.79 Å². The van der Waals surface area contributed by atoms with Gasteiger partial charge in [0.2, 0.25) is 5.91 Å². The lowest BCUT2D eigenvalue weighted by atomic mass is 10.2. The van der Waals surface area contributed by atoms with Crippen LogP contribution in [0.5, 0.6) is 0 Å². The number of carbonyl (C=O) groups is 3. The van der Waals surface area contributed by atoms with Crippen molar-refractivity contribution < 1.29 is 19.1 Å². The van der Waals surface area contributed by atoms with Gasteiger partial charge in [-0.05, 0) is 31.5 Å². The van der Waals surface area contributed by atoms with Gasteiger partial charge in [-0.2, -0.15) is 0 Å². The van der Waals surface area contributed by atoms with Gasteiger partial charge in [0.1, 0.15) is 6.04 Å². The number of amides is 2. The fraction of sp³-hybridized carbons (Fsp3) is 0.357. The van der Waals surface area contributed by atoms with Gasteiger partial charge in [0.25, 0.3) is 5.91 Å². The number of carbonyl (C=O) groups excluding carboxylic acids is 3. The second-order valence-electron chi connectivity index (χ2n) is 4.74. The van der Waals surface area contributed by atoms with E-state index in [1.165, 1.54) is 6.92 Å². The summed E-state index contributed by atoms with van der Waals surface area (Å²) in [4.78, 5) is 34.8. The molecular formula is C14H15BrN2O4. The molecular weight excluding hydrogens is 340 g/mol. The quantitative estimate of drug-likeness (QED) is 0.804. The summed E-state index contributed by atoms with van der Waals surface area (Å²) in [5.74, 6) is -1.19. The van der Waals surface area contributed by atoms with Gasteiger partial charge in [0, 0.05) is 16.6 Å². The van der Waals surface area contributed by atoms with Gasteiger partial charge >= 0.3 is 5.97 Å². The van der Waals surface area contributed by atoms with Crippen molar-refractivity contribution >= 4 is 39.4 Å². The normalized spacial score (nSPS) is 18.8. The summed E-state index contributed by atoms with van der Waals surface area (Å²) < 4.78 is 5.90. The molecule has 2 amide bonds. The standard InChI is InChI=1S/C14H15BrN2O4/c1-8(21-14(20)11-5-6-12(18)17-11)13(19)16-10-4-2-3-9(15)7-10/h2-4,7-8,11H,5-6H2,1H3,(H,16,19)(H,17,18)/t8-,11-/m1/s1. The van der Waals surface area contributed by atoms with Gasteiger partial charge in [-0.1, -0.05) is 22.0 Å². The van der Waals surface area contributed by atoms with Crippen LogP contribution in [0.2, 0.25) is 0 Å². The molecule has 0 aromatic heterocycles. The van der Waals surface area contributed by atoms with Crippen molar-refractivity contribution in [3.05, 3.63) is 28.7 Å². The van der Waals surface area contributed by atoms with E-state index in [4.69, 9.17) is 4.74 Å². The maximum atomic E-state index is 11.9. The molecule has 21 heavy (non-hydrogen) atoms. The predicted molar refractivity (Wildman–Crippen MR) is 79.5 cm³/mol. The number of esters is 1.